The summed E-state index contributed by atoms with van der Waals surface area (Å²) < 4.78 is 23.3. The van der Waals surface area contributed by atoms with Crippen LogP contribution in [0.25, 0.3) is 0 Å². The Bertz CT molecular complexity index is 665. The largest absolute Gasteiger partial charge is 0.382 e. The second-order valence-corrected chi connectivity index (χ2v) is 6.25. The van der Waals surface area contributed by atoms with Gasteiger partial charge in [-0.1, -0.05) is 18.1 Å². The molecule has 0 bridgehead atoms. The number of hydrogen-bond donors (Lipinski definition) is 4. The van der Waals surface area contributed by atoms with Crippen molar-refractivity contribution in [3.63, 3.8) is 0 Å². The predicted octanol–water partition coefficient (Wildman–Crippen LogP) is 0.735. The van der Waals surface area contributed by atoms with Crippen LogP contribution in [0, 0.1) is 5.41 Å². The lowest BCUT2D eigenvalue weighted by Gasteiger charge is -2.17. The minimum atomic E-state index is -4.09. The summed E-state index contributed by atoms with van der Waals surface area (Å²) in [6.07, 6.45) is 5.52. The van der Waals surface area contributed by atoms with Crippen molar-refractivity contribution in [1.82, 2.24) is 4.98 Å². The van der Waals surface area contributed by atoms with Crippen LogP contribution < -0.4 is 16.3 Å². The highest BCUT2D eigenvalue weighted by Gasteiger charge is 2.24. The number of aromatic nitrogens is 1. The van der Waals surface area contributed by atoms with Crippen molar-refractivity contribution >= 4 is 21.5 Å². The highest BCUT2D eigenvalue weighted by molar-refractivity contribution is 7.89. The third-order valence-corrected chi connectivity index (χ3v) is 4.14. The maximum Gasteiger partial charge on any atom is 0.256 e. The van der Waals surface area contributed by atoms with Gasteiger partial charge in [0.05, 0.1) is 5.56 Å². The lowest BCUT2D eigenvalue weighted by Crippen LogP contribution is -2.22. The molecule has 1 aliphatic rings. The Morgan fingerprint density at radius 2 is 2.10 bits per heavy atom. The molecule has 21 heavy (non-hydrogen) atoms. The second-order valence-electron chi connectivity index (χ2n) is 4.77. The number of amidine groups is 1. The fraction of sp³-hybridized carbons (Fsp3) is 0.455. The van der Waals surface area contributed by atoms with Crippen molar-refractivity contribution in [3.05, 3.63) is 17.8 Å². The number of nitrogens with two attached hydrogens (primary N) is 2. The van der Waals surface area contributed by atoms with Crippen LogP contribution in [0.4, 0.5) is 5.69 Å². The number of hydrogen-bond acceptors (Lipinski definition) is 6. The van der Waals surface area contributed by atoms with Gasteiger partial charge in [-0.2, -0.15) is 0 Å². The monoisotopic (exact) mass is 311 g/mol. The summed E-state index contributed by atoms with van der Waals surface area (Å²) in [6, 6.07) is 1.81. The average molecular weight is 311 g/mol. The number of primary sulfonamides is 1. The molecule has 6 N–H and O–H groups in total. The van der Waals surface area contributed by atoms with Gasteiger partial charge in [-0.3, -0.25) is 5.41 Å². The SMILES string of the molecule is N=C(N=NN)c1c(NC2CCCC2)ccnc1S(N)(=O)=O. The molecule has 0 unspecified atom stereocenters. The standard InChI is InChI=1S/C11H17N7O2S/c12-10(17-18-13)9-8(16-7-3-1-2-4-7)5-6-15-11(9)21(14,19)20/h5-7H,1-4H2,(H,15,16)(H3,12,13,17)(H2,14,19,20). The third kappa shape index (κ3) is 3.52. The second kappa shape index (κ2) is 6.14. The van der Waals surface area contributed by atoms with E-state index >= 15 is 0 Å². The van der Waals surface area contributed by atoms with Gasteiger partial charge < -0.3 is 11.2 Å². The van der Waals surface area contributed by atoms with Gasteiger partial charge >= 0.3 is 0 Å². The molecule has 0 atom stereocenters. The lowest BCUT2D eigenvalue weighted by molar-refractivity contribution is 0.593. The topological polar surface area (TPSA) is 160 Å². The predicted molar refractivity (Wildman–Crippen MR) is 77.4 cm³/mol. The molecule has 1 aromatic rings. The molecular formula is C11H17N7O2S. The molecule has 0 radical (unpaired) electrons. The van der Waals surface area contributed by atoms with Crippen LogP contribution in [0.15, 0.2) is 27.6 Å². The van der Waals surface area contributed by atoms with E-state index in [4.69, 9.17) is 16.4 Å². The van der Waals surface area contributed by atoms with Crippen molar-refractivity contribution in [2.24, 2.45) is 21.3 Å². The zero-order valence-electron chi connectivity index (χ0n) is 11.3. The third-order valence-electron chi connectivity index (χ3n) is 3.30. The molecule has 0 aliphatic heterocycles. The molecular weight excluding hydrogens is 294 g/mol. The zero-order valence-corrected chi connectivity index (χ0v) is 12.1. The Hall–Kier alpha value is -2.07. The molecule has 0 saturated heterocycles. The first-order chi connectivity index (χ1) is 9.93. The average Bonchev–Trinajstić information content (AvgIpc) is 2.90. The van der Waals surface area contributed by atoms with Gasteiger partial charge in [0.25, 0.3) is 10.0 Å². The first-order valence-corrected chi connectivity index (χ1v) is 7.96. The maximum atomic E-state index is 11.6. The number of sulfonamides is 1. The normalized spacial score (nSPS) is 16.4. The van der Waals surface area contributed by atoms with E-state index in [1.807, 2.05) is 0 Å². The van der Waals surface area contributed by atoms with Gasteiger partial charge in [-0.15, -0.1) is 5.11 Å². The summed E-state index contributed by atoms with van der Waals surface area (Å²) >= 11 is 0. The first-order valence-electron chi connectivity index (χ1n) is 6.41. The number of rotatable bonds is 4. The van der Waals surface area contributed by atoms with Crippen LogP contribution >= 0.6 is 0 Å². The minimum Gasteiger partial charge on any atom is -0.382 e. The van der Waals surface area contributed by atoms with Crippen molar-refractivity contribution < 1.29 is 8.42 Å². The fourth-order valence-electron chi connectivity index (χ4n) is 2.41. The fourth-order valence-corrected chi connectivity index (χ4v) is 3.10. The van der Waals surface area contributed by atoms with Gasteiger partial charge in [0.15, 0.2) is 10.9 Å². The molecule has 2 rings (SSSR count). The van der Waals surface area contributed by atoms with Crippen molar-refractivity contribution in [1.29, 1.82) is 5.41 Å². The highest BCUT2D eigenvalue weighted by atomic mass is 32.2. The Morgan fingerprint density at radius 1 is 1.43 bits per heavy atom. The Balaban J connectivity index is 2.50. The minimum absolute atomic E-state index is 0.0129. The molecule has 114 valence electrons. The molecule has 10 heteroatoms. The van der Waals surface area contributed by atoms with Crippen LogP contribution in [0.3, 0.4) is 0 Å². The van der Waals surface area contributed by atoms with E-state index in [-0.39, 0.29) is 11.6 Å². The molecule has 0 spiro atoms. The molecule has 9 nitrogen and oxygen atoms in total. The summed E-state index contributed by atoms with van der Waals surface area (Å²) in [5.74, 6) is 4.53. The van der Waals surface area contributed by atoms with Crippen LogP contribution in [-0.4, -0.2) is 25.3 Å². The molecule has 1 fully saturated rings. The molecule has 1 saturated carbocycles. The highest BCUT2D eigenvalue weighted by Crippen LogP contribution is 2.27. The molecule has 0 aromatic carbocycles. The van der Waals surface area contributed by atoms with Gasteiger partial charge in [-0.25, -0.2) is 18.5 Å². The summed E-state index contributed by atoms with van der Waals surface area (Å²) in [5, 5.41) is 22.2. The van der Waals surface area contributed by atoms with Crippen molar-refractivity contribution in [3.8, 4) is 0 Å². The number of nitrogens with one attached hydrogen (secondary N) is 2. The van der Waals surface area contributed by atoms with Crippen LogP contribution in [0.2, 0.25) is 0 Å². The number of anilines is 1. The first kappa shape index (κ1) is 15.3. The van der Waals surface area contributed by atoms with Gasteiger partial charge in [0, 0.05) is 17.9 Å². The van der Waals surface area contributed by atoms with Crippen LogP contribution in [0.5, 0.6) is 0 Å². The molecule has 0 amide bonds. The zero-order chi connectivity index (χ0) is 15.5. The molecule has 1 aromatic heterocycles. The van der Waals surface area contributed by atoms with E-state index in [1.165, 1.54) is 6.20 Å². The Morgan fingerprint density at radius 3 is 2.67 bits per heavy atom. The maximum absolute atomic E-state index is 11.6. The number of nitrogens with zero attached hydrogens (tertiary/aromatic N) is 3. The van der Waals surface area contributed by atoms with E-state index in [2.05, 4.69) is 20.6 Å². The number of pyridine rings is 1. The van der Waals surface area contributed by atoms with Crippen LogP contribution in [0.1, 0.15) is 31.2 Å². The Kier molecular flexibility index (Phi) is 4.48. The van der Waals surface area contributed by atoms with Gasteiger partial charge in [0.2, 0.25) is 0 Å². The van der Waals surface area contributed by atoms with E-state index in [0.717, 1.165) is 25.7 Å². The quantitative estimate of drug-likeness (QED) is 0.212. The molecule has 1 heterocycles. The summed E-state index contributed by atoms with van der Waals surface area (Å²) in [7, 11) is -4.09. The van der Waals surface area contributed by atoms with E-state index in [9.17, 15) is 8.42 Å². The summed E-state index contributed by atoms with van der Waals surface area (Å²) in [5.41, 5.74) is 0.430. The van der Waals surface area contributed by atoms with E-state index < -0.39 is 20.9 Å². The smallest absolute Gasteiger partial charge is 0.256 e. The Labute approximate surface area is 122 Å². The van der Waals surface area contributed by atoms with E-state index in [1.54, 1.807) is 6.07 Å². The summed E-state index contributed by atoms with van der Waals surface area (Å²) in [4.78, 5) is 3.75. The summed E-state index contributed by atoms with van der Waals surface area (Å²) in [6.45, 7) is 0. The lowest BCUT2D eigenvalue weighted by atomic mass is 10.1. The van der Waals surface area contributed by atoms with Gasteiger partial charge in [0.1, 0.15) is 0 Å². The van der Waals surface area contributed by atoms with Gasteiger partial charge in [-0.05, 0) is 18.9 Å². The van der Waals surface area contributed by atoms with Crippen molar-refractivity contribution in [2.45, 2.75) is 36.8 Å². The van der Waals surface area contributed by atoms with Crippen molar-refractivity contribution in [2.75, 3.05) is 5.32 Å². The molecule has 1 aliphatic carbocycles. The van der Waals surface area contributed by atoms with Crippen LogP contribution in [-0.2, 0) is 10.0 Å². The van der Waals surface area contributed by atoms with E-state index in [0.29, 0.717) is 5.69 Å².